The highest BCUT2D eigenvalue weighted by atomic mass is 16.2. The number of imide groups is 1. The number of hydrogen-bond acceptors (Lipinski definition) is 4. The van der Waals surface area contributed by atoms with Gasteiger partial charge in [0.15, 0.2) is 0 Å². The summed E-state index contributed by atoms with van der Waals surface area (Å²) >= 11 is 0. The van der Waals surface area contributed by atoms with Gasteiger partial charge in [0.25, 0.3) is 24.1 Å². The minimum Gasteiger partial charge on any atom is -0.300 e. The van der Waals surface area contributed by atoms with E-state index in [1.54, 1.807) is 20.3 Å². The predicted octanol–water partition coefficient (Wildman–Crippen LogP) is 0.871. The molecule has 2 aliphatic heterocycles. The molecule has 2 rings (SSSR count). The van der Waals surface area contributed by atoms with Crippen LogP contribution in [0.25, 0.3) is 0 Å². The van der Waals surface area contributed by atoms with Gasteiger partial charge in [-0.1, -0.05) is 6.92 Å². The van der Waals surface area contributed by atoms with Crippen LogP contribution in [0, 0.1) is 0 Å². The van der Waals surface area contributed by atoms with Gasteiger partial charge < -0.3 is 4.79 Å². The number of ketones is 1. The van der Waals surface area contributed by atoms with Crippen LogP contribution in [0.1, 0.15) is 39.5 Å². The Labute approximate surface area is 130 Å². The predicted molar refractivity (Wildman–Crippen MR) is 82.1 cm³/mol. The number of aliphatic imine (C=N–C) groups is 1. The highest BCUT2D eigenvalue weighted by molar-refractivity contribution is 6.21. The van der Waals surface area contributed by atoms with Gasteiger partial charge in [-0.3, -0.25) is 14.6 Å². The molecule has 0 saturated carbocycles. The van der Waals surface area contributed by atoms with Gasteiger partial charge in [0, 0.05) is 20.0 Å². The van der Waals surface area contributed by atoms with Gasteiger partial charge in [0.1, 0.15) is 5.78 Å². The average molecular weight is 307 g/mol. The Morgan fingerprint density at radius 1 is 1.36 bits per heavy atom. The minimum absolute atomic E-state index is 0.127. The van der Waals surface area contributed by atoms with E-state index in [1.807, 2.05) is 11.5 Å². The van der Waals surface area contributed by atoms with Gasteiger partial charge in [0.2, 0.25) is 0 Å². The van der Waals surface area contributed by atoms with Crippen LogP contribution in [0.15, 0.2) is 4.99 Å². The maximum atomic E-state index is 12.6. The van der Waals surface area contributed by atoms with Gasteiger partial charge in [-0.2, -0.15) is 0 Å². The van der Waals surface area contributed by atoms with Crippen LogP contribution in [-0.4, -0.2) is 70.5 Å². The van der Waals surface area contributed by atoms with Gasteiger partial charge in [-0.25, -0.2) is 9.37 Å². The van der Waals surface area contributed by atoms with Gasteiger partial charge >= 0.3 is 6.03 Å². The van der Waals surface area contributed by atoms with Crippen LogP contribution >= 0.6 is 0 Å². The van der Waals surface area contributed by atoms with Crippen molar-refractivity contribution in [2.24, 2.45) is 4.99 Å². The summed E-state index contributed by atoms with van der Waals surface area (Å²) < 4.78 is 1.88. The lowest BCUT2D eigenvalue weighted by atomic mass is 10.1. The highest BCUT2D eigenvalue weighted by Crippen LogP contribution is 2.18. The summed E-state index contributed by atoms with van der Waals surface area (Å²) in [5.74, 6) is 0.414. The summed E-state index contributed by atoms with van der Waals surface area (Å²) in [5.41, 5.74) is 0. The number of nitrogens with zero attached hydrogens (tertiary/aromatic N) is 4. The third kappa shape index (κ3) is 3.08. The summed E-state index contributed by atoms with van der Waals surface area (Å²) in [6, 6.07) is -0.829. The van der Waals surface area contributed by atoms with E-state index in [1.165, 1.54) is 9.80 Å². The quantitative estimate of drug-likeness (QED) is 0.517. The third-order valence-corrected chi connectivity index (χ3v) is 3.92. The number of amides is 3. The van der Waals surface area contributed by atoms with Crippen molar-refractivity contribution in [3.05, 3.63) is 0 Å². The number of carbonyl (C=O) groups is 3. The topological polar surface area (TPSA) is 73.1 Å². The number of urea groups is 1. The second-order valence-corrected chi connectivity index (χ2v) is 5.73. The minimum atomic E-state index is -0.490. The Balaban J connectivity index is 2.06. The lowest BCUT2D eigenvalue weighted by Gasteiger charge is -2.33. The molecule has 0 aromatic heterocycles. The molecule has 3 amide bonds. The van der Waals surface area contributed by atoms with Crippen molar-refractivity contribution < 1.29 is 19.0 Å². The van der Waals surface area contributed by atoms with Crippen molar-refractivity contribution in [1.29, 1.82) is 0 Å². The molecule has 0 radical (unpaired) electrons. The molecule has 0 N–H and O–H groups in total. The van der Waals surface area contributed by atoms with Crippen LogP contribution in [-0.2, 0) is 9.59 Å². The number of unbranched alkanes of at least 4 members (excludes halogenated alkanes) is 1. The summed E-state index contributed by atoms with van der Waals surface area (Å²) in [6.07, 6.45) is 4.36. The zero-order valence-corrected chi connectivity index (χ0v) is 13.4. The fourth-order valence-corrected chi connectivity index (χ4v) is 2.76. The second-order valence-electron chi connectivity index (χ2n) is 5.73. The van der Waals surface area contributed by atoms with Crippen LogP contribution in [0.3, 0.4) is 0 Å². The molecular weight excluding hydrogens is 284 g/mol. The zero-order valence-electron chi connectivity index (χ0n) is 13.4. The molecule has 7 heteroatoms. The zero-order chi connectivity index (χ0) is 16.3. The number of Topliss-reactive ketones (excluding diaryl/α,β-unsaturated/α-hetero) is 1. The molecule has 0 aliphatic carbocycles. The third-order valence-electron chi connectivity index (χ3n) is 3.92. The molecule has 0 bridgehead atoms. The lowest BCUT2D eigenvalue weighted by Crippen LogP contribution is -2.62. The van der Waals surface area contributed by atoms with Gasteiger partial charge in [-0.15, -0.1) is 0 Å². The molecule has 2 aliphatic rings. The molecule has 120 valence electrons. The Bertz CT molecular complexity index is 553. The molecule has 1 saturated heterocycles. The second kappa shape index (κ2) is 6.81. The first-order valence-electron chi connectivity index (χ1n) is 7.72. The Morgan fingerprint density at radius 3 is 2.73 bits per heavy atom. The first-order valence-corrected chi connectivity index (χ1v) is 7.72. The van der Waals surface area contributed by atoms with Crippen LogP contribution in [0.5, 0.6) is 0 Å². The molecule has 1 unspecified atom stereocenters. The molecule has 7 nitrogen and oxygen atoms in total. The normalized spacial score (nSPS) is 21.0. The molecular formula is C15H23N4O3+. The number of carbonyl (C=O) groups excluding carboxylic acids is 3. The molecule has 22 heavy (non-hydrogen) atoms. The standard InChI is InChI=1S/C15H23N4O3/c1-4-8-18-10-16-13-12(18)14(21)19(15(22)17(13)3)9-6-5-7-11(2)20/h10,12H,4-9H2,1-3H3/q+1. The van der Waals surface area contributed by atoms with Gasteiger partial charge in [0.05, 0.1) is 6.54 Å². The number of rotatable bonds is 7. The SMILES string of the molecule is CCC[N+]1=CN=C2C1C(=O)N(CCCCC(C)=O)C(=O)N2C. The average Bonchev–Trinajstić information content (AvgIpc) is 2.88. The Morgan fingerprint density at radius 2 is 2.09 bits per heavy atom. The van der Waals surface area contributed by atoms with E-state index in [4.69, 9.17) is 0 Å². The molecule has 0 spiro atoms. The van der Waals surface area contributed by atoms with E-state index in [0.717, 1.165) is 13.0 Å². The van der Waals surface area contributed by atoms with Crippen molar-refractivity contribution >= 4 is 29.9 Å². The summed E-state index contributed by atoms with van der Waals surface area (Å²) in [7, 11) is 1.65. The lowest BCUT2D eigenvalue weighted by molar-refractivity contribution is -0.531. The van der Waals surface area contributed by atoms with E-state index >= 15 is 0 Å². The molecule has 1 atom stereocenters. The van der Waals surface area contributed by atoms with Crippen LogP contribution in [0.2, 0.25) is 0 Å². The summed E-state index contributed by atoms with van der Waals surface area (Å²) in [5, 5.41) is 0. The maximum Gasteiger partial charge on any atom is 0.333 e. The van der Waals surface area contributed by atoms with Gasteiger partial charge in [-0.05, 0) is 31.2 Å². The largest absolute Gasteiger partial charge is 0.333 e. The fourth-order valence-electron chi connectivity index (χ4n) is 2.76. The van der Waals surface area contributed by atoms with E-state index in [-0.39, 0.29) is 17.7 Å². The first-order chi connectivity index (χ1) is 10.5. The Hall–Kier alpha value is -2.05. The summed E-state index contributed by atoms with van der Waals surface area (Å²) in [6.45, 7) is 4.65. The number of likely N-dealkylation sites (N-methyl/N-ethyl adjacent to an activating group) is 1. The fraction of sp³-hybridized carbons (Fsp3) is 0.667. The van der Waals surface area contributed by atoms with Crippen LogP contribution < -0.4 is 0 Å². The van der Waals surface area contributed by atoms with E-state index in [2.05, 4.69) is 4.99 Å². The van der Waals surface area contributed by atoms with Crippen LogP contribution in [0.4, 0.5) is 4.79 Å². The maximum absolute atomic E-state index is 12.6. The molecule has 0 aromatic carbocycles. The summed E-state index contributed by atoms with van der Waals surface area (Å²) in [4.78, 5) is 42.9. The van der Waals surface area contributed by atoms with Crippen molar-refractivity contribution in [3.8, 4) is 0 Å². The number of hydrogen-bond donors (Lipinski definition) is 0. The molecule has 0 aromatic rings. The van der Waals surface area contributed by atoms with E-state index in [9.17, 15) is 14.4 Å². The van der Waals surface area contributed by atoms with Crippen molar-refractivity contribution in [3.63, 3.8) is 0 Å². The number of fused-ring (bicyclic) bond motifs is 1. The monoisotopic (exact) mass is 307 g/mol. The molecule has 1 fully saturated rings. The van der Waals surface area contributed by atoms with Crippen molar-refractivity contribution in [2.45, 2.75) is 45.6 Å². The molecule has 2 heterocycles. The van der Waals surface area contributed by atoms with Crippen molar-refractivity contribution in [2.75, 3.05) is 20.1 Å². The highest BCUT2D eigenvalue weighted by Gasteiger charge is 2.51. The first kappa shape index (κ1) is 16.3. The van der Waals surface area contributed by atoms with Crippen molar-refractivity contribution in [1.82, 2.24) is 9.80 Å². The number of amidine groups is 1. The van der Waals surface area contributed by atoms with E-state index in [0.29, 0.717) is 31.6 Å². The smallest absolute Gasteiger partial charge is 0.300 e. The van der Waals surface area contributed by atoms with E-state index < -0.39 is 6.04 Å². The Kier molecular flexibility index (Phi) is 5.05.